The van der Waals surface area contributed by atoms with Crippen LogP contribution in [0.3, 0.4) is 0 Å². The third-order valence-electron chi connectivity index (χ3n) is 2.96. The monoisotopic (exact) mass is 339 g/mol. The van der Waals surface area contributed by atoms with Crippen molar-refractivity contribution < 1.29 is 14.6 Å². The van der Waals surface area contributed by atoms with Crippen LogP contribution < -0.4 is 10.1 Å². The lowest BCUT2D eigenvalue weighted by Gasteiger charge is -2.13. The van der Waals surface area contributed by atoms with Gasteiger partial charge in [0.25, 0.3) is 0 Å². The Hall–Kier alpha value is -1.75. The molecule has 0 aromatic heterocycles. The fourth-order valence-electron chi connectivity index (χ4n) is 1.90. The zero-order chi connectivity index (χ0) is 15.9. The summed E-state index contributed by atoms with van der Waals surface area (Å²) in [5.74, 6) is -0.275. The molecule has 4 nitrogen and oxygen atoms in total. The Labute approximate surface area is 138 Å². The van der Waals surface area contributed by atoms with Gasteiger partial charge in [0, 0.05) is 27.7 Å². The Morgan fingerprint density at radius 2 is 1.91 bits per heavy atom. The molecule has 0 spiro atoms. The molecule has 0 saturated heterocycles. The van der Waals surface area contributed by atoms with Crippen LogP contribution in [0.2, 0.25) is 10.0 Å². The SMILES string of the molecule is O=C(O)CNCc1cc(Cl)ccc1OCc1ccccc1Cl. The lowest BCUT2D eigenvalue weighted by atomic mass is 10.2. The summed E-state index contributed by atoms with van der Waals surface area (Å²) in [6.45, 7) is 0.550. The molecule has 2 aromatic rings. The van der Waals surface area contributed by atoms with Crippen molar-refractivity contribution in [2.24, 2.45) is 0 Å². The lowest BCUT2D eigenvalue weighted by molar-refractivity contribution is -0.136. The lowest BCUT2D eigenvalue weighted by Crippen LogP contribution is -2.22. The van der Waals surface area contributed by atoms with Crippen LogP contribution in [0, 0.1) is 0 Å². The first-order chi connectivity index (χ1) is 10.6. The maximum absolute atomic E-state index is 10.6. The van der Waals surface area contributed by atoms with Crippen LogP contribution in [0.5, 0.6) is 5.75 Å². The highest BCUT2D eigenvalue weighted by molar-refractivity contribution is 6.31. The average molecular weight is 340 g/mol. The van der Waals surface area contributed by atoms with E-state index < -0.39 is 5.97 Å². The van der Waals surface area contributed by atoms with E-state index in [4.69, 9.17) is 33.0 Å². The predicted octanol–water partition coefficient (Wildman–Crippen LogP) is 3.75. The minimum absolute atomic E-state index is 0.129. The molecular weight excluding hydrogens is 325 g/mol. The molecule has 0 amide bonds. The molecule has 2 N–H and O–H groups in total. The Balaban J connectivity index is 2.06. The zero-order valence-corrected chi connectivity index (χ0v) is 13.2. The Bertz CT molecular complexity index is 662. The number of halogens is 2. The third kappa shape index (κ3) is 4.91. The van der Waals surface area contributed by atoms with Gasteiger partial charge < -0.3 is 15.2 Å². The van der Waals surface area contributed by atoms with Crippen LogP contribution in [-0.2, 0) is 17.9 Å². The molecule has 0 aliphatic carbocycles. The molecule has 0 saturated carbocycles. The topological polar surface area (TPSA) is 58.6 Å². The minimum atomic E-state index is -0.916. The quantitative estimate of drug-likeness (QED) is 0.806. The van der Waals surface area contributed by atoms with Crippen molar-refractivity contribution >= 4 is 29.2 Å². The highest BCUT2D eigenvalue weighted by atomic mass is 35.5. The summed E-state index contributed by atoms with van der Waals surface area (Å²) < 4.78 is 5.79. The van der Waals surface area contributed by atoms with E-state index in [-0.39, 0.29) is 6.54 Å². The van der Waals surface area contributed by atoms with Gasteiger partial charge in [-0.05, 0) is 24.3 Å². The molecular formula is C16H15Cl2NO3. The minimum Gasteiger partial charge on any atom is -0.489 e. The van der Waals surface area contributed by atoms with Gasteiger partial charge in [-0.15, -0.1) is 0 Å². The molecule has 2 rings (SSSR count). The molecule has 6 heteroatoms. The Morgan fingerprint density at radius 1 is 1.14 bits per heavy atom. The van der Waals surface area contributed by atoms with E-state index in [0.717, 1.165) is 11.1 Å². The van der Waals surface area contributed by atoms with E-state index in [1.807, 2.05) is 18.2 Å². The molecule has 116 valence electrons. The van der Waals surface area contributed by atoms with Crippen molar-refractivity contribution in [3.05, 3.63) is 63.6 Å². The summed E-state index contributed by atoms with van der Waals surface area (Å²) in [6.07, 6.45) is 0. The number of rotatable bonds is 7. The van der Waals surface area contributed by atoms with Crippen molar-refractivity contribution in [2.75, 3.05) is 6.54 Å². The zero-order valence-electron chi connectivity index (χ0n) is 11.7. The van der Waals surface area contributed by atoms with Gasteiger partial charge in [-0.3, -0.25) is 4.79 Å². The number of hydrogen-bond acceptors (Lipinski definition) is 3. The van der Waals surface area contributed by atoms with Crippen molar-refractivity contribution in [1.82, 2.24) is 5.32 Å². The maximum atomic E-state index is 10.6. The van der Waals surface area contributed by atoms with Gasteiger partial charge in [-0.1, -0.05) is 41.4 Å². The summed E-state index contributed by atoms with van der Waals surface area (Å²) in [7, 11) is 0. The van der Waals surface area contributed by atoms with Gasteiger partial charge in [0.1, 0.15) is 12.4 Å². The van der Waals surface area contributed by atoms with Crippen LogP contribution in [0.4, 0.5) is 0 Å². The molecule has 0 aliphatic heterocycles. The van der Waals surface area contributed by atoms with Crippen LogP contribution in [0.25, 0.3) is 0 Å². The van der Waals surface area contributed by atoms with Crippen LogP contribution in [-0.4, -0.2) is 17.6 Å². The first-order valence-electron chi connectivity index (χ1n) is 6.63. The van der Waals surface area contributed by atoms with Crippen molar-refractivity contribution in [1.29, 1.82) is 0 Å². The average Bonchev–Trinajstić information content (AvgIpc) is 2.47. The maximum Gasteiger partial charge on any atom is 0.317 e. The number of benzene rings is 2. The van der Waals surface area contributed by atoms with Gasteiger partial charge in [-0.2, -0.15) is 0 Å². The van der Waals surface area contributed by atoms with Crippen LogP contribution >= 0.6 is 23.2 Å². The van der Waals surface area contributed by atoms with E-state index in [2.05, 4.69) is 5.32 Å². The fourth-order valence-corrected chi connectivity index (χ4v) is 2.29. The molecule has 0 radical (unpaired) electrons. The van der Waals surface area contributed by atoms with Gasteiger partial charge in [0.05, 0.1) is 6.54 Å². The standard InChI is InChI=1S/C16H15Cl2NO3/c17-13-5-6-15(12(7-13)8-19-9-16(20)21)22-10-11-3-1-2-4-14(11)18/h1-7,19H,8-10H2,(H,20,21). The second-order valence-electron chi connectivity index (χ2n) is 4.63. The predicted molar refractivity (Wildman–Crippen MR) is 86.6 cm³/mol. The van der Waals surface area contributed by atoms with Crippen molar-refractivity contribution in [2.45, 2.75) is 13.2 Å². The highest BCUT2D eigenvalue weighted by Crippen LogP contribution is 2.25. The van der Waals surface area contributed by atoms with Gasteiger partial charge in [-0.25, -0.2) is 0 Å². The smallest absolute Gasteiger partial charge is 0.317 e. The number of carboxylic acid groups (broad SMARTS) is 1. The fraction of sp³-hybridized carbons (Fsp3) is 0.188. The van der Waals surface area contributed by atoms with Crippen molar-refractivity contribution in [3.8, 4) is 5.75 Å². The number of carbonyl (C=O) groups is 1. The second kappa shape index (κ2) is 8.03. The molecule has 0 aliphatic rings. The Kier molecular flexibility index (Phi) is 6.07. The third-order valence-corrected chi connectivity index (χ3v) is 3.56. The van der Waals surface area contributed by atoms with Gasteiger partial charge >= 0.3 is 5.97 Å². The summed E-state index contributed by atoms with van der Waals surface area (Å²) in [4.78, 5) is 10.6. The van der Waals surface area contributed by atoms with Crippen LogP contribution in [0.1, 0.15) is 11.1 Å². The first kappa shape index (κ1) is 16.6. The number of ether oxygens (including phenoxy) is 1. The highest BCUT2D eigenvalue weighted by Gasteiger charge is 2.07. The number of hydrogen-bond donors (Lipinski definition) is 2. The first-order valence-corrected chi connectivity index (χ1v) is 7.39. The largest absolute Gasteiger partial charge is 0.489 e. The molecule has 0 unspecified atom stereocenters. The molecule has 22 heavy (non-hydrogen) atoms. The van der Waals surface area contributed by atoms with E-state index in [1.54, 1.807) is 24.3 Å². The summed E-state index contributed by atoms with van der Waals surface area (Å²) in [5.41, 5.74) is 1.67. The molecule has 0 fully saturated rings. The Morgan fingerprint density at radius 3 is 2.64 bits per heavy atom. The van der Waals surface area contributed by atoms with Crippen LogP contribution in [0.15, 0.2) is 42.5 Å². The normalized spacial score (nSPS) is 10.5. The van der Waals surface area contributed by atoms with E-state index in [0.29, 0.717) is 28.9 Å². The molecule has 2 aromatic carbocycles. The summed E-state index contributed by atoms with van der Waals surface area (Å²) in [5, 5.41) is 12.7. The number of nitrogens with one attached hydrogen (secondary N) is 1. The van der Waals surface area contributed by atoms with Gasteiger partial charge in [0.2, 0.25) is 0 Å². The van der Waals surface area contributed by atoms with E-state index in [1.165, 1.54) is 0 Å². The van der Waals surface area contributed by atoms with E-state index >= 15 is 0 Å². The van der Waals surface area contributed by atoms with E-state index in [9.17, 15) is 4.79 Å². The summed E-state index contributed by atoms with van der Waals surface area (Å²) >= 11 is 12.1. The molecule has 0 bridgehead atoms. The molecule has 0 atom stereocenters. The molecule has 0 heterocycles. The number of carboxylic acids is 1. The van der Waals surface area contributed by atoms with Crippen molar-refractivity contribution in [3.63, 3.8) is 0 Å². The van der Waals surface area contributed by atoms with Gasteiger partial charge in [0.15, 0.2) is 0 Å². The number of aliphatic carboxylic acids is 1. The summed E-state index contributed by atoms with van der Waals surface area (Å²) in [6, 6.07) is 12.7. The second-order valence-corrected chi connectivity index (χ2v) is 5.47.